The van der Waals surface area contributed by atoms with Crippen LogP contribution in [0.2, 0.25) is 0 Å². The Kier molecular flexibility index (Phi) is 5.39. The van der Waals surface area contributed by atoms with Gasteiger partial charge in [-0.15, -0.1) is 0 Å². The fourth-order valence-corrected chi connectivity index (χ4v) is 2.56. The minimum atomic E-state index is -0.890. The average molecular weight is 318 g/mol. The maximum absolute atomic E-state index is 11.4. The smallest absolute Gasteiger partial charge is 0.320 e. The van der Waals surface area contributed by atoms with E-state index in [-0.39, 0.29) is 5.91 Å². The Bertz CT molecular complexity index is 708. The van der Waals surface area contributed by atoms with Gasteiger partial charge in [0, 0.05) is 37.5 Å². The van der Waals surface area contributed by atoms with Crippen LogP contribution < -0.4 is 5.32 Å². The average Bonchev–Trinajstić information content (AvgIpc) is 2.81. The van der Waals surface area contributed by atoms with E-state index in [2.05, 4.69) is 5.32 Å². The second-order valence-electron chi connectivity index (χ2n) is 5.60. The van der Waals surface area contributed by atoms with Crippen molar-refractivity contribution in [1.82, 2.24) is 10.2 Å². The van der Waals surface area contributed by atoms with Crippen LogP contribution in [0.15, 0.2) is 28.7 Å². The van der Waals surface area contributed by atoms with Gasteiger partial charge < -0.3 is 14.8 Å². The van der Waals surface area contributed by atoms with Crippen LogP contribution in [0.4, 0.5) is 0 Å². The van der Waals surface area contributed by atoms with Crippen molar-refractivity contribution in [2.75, 3.05) is 13.1 Å². The first kappa shape index (κ1) is 17.0. The second-order valence-corrected chi connectivity index (χ2v) is 5.60. The Labute approximate surface area is 135 Å². The predicted molar refractivity (Wildman–Crippen MR) is 87.1 cm³/mol. The number of fused-ring (bicyclic) bond motifs is 1. The third-order valence-electron chi connectivity index (χ3n) is 3.94. The lowest BCUT2D eigenvalue weighted by Gasteiger charge is -2.26. The Morgan fingerprint density at radius 2 is 2.04 bits per heavy atom. The fraction of sp³-hybridized carbons (Fsp3) is 0.412. The van der Waals surface area contributed by atoms with E-state index in [4.69, 9.17) is 4.42 Å². The number of rotatable bonds is 7. The Morgan fingerprint density at radius 3 is 2.70 bits per heavy atom. The van der Waals surface area contributed by atoms with Crippen LogP contribution in [0, 0.1) is 6.92 Å². The standard InChI is InChI=1S/C17H22N2O4/c1-11(17(21)22)19(9-8-18-13(3)20)10-15-12(2)23-16-7-5-4-6-14(15)16/h4-7,11H,8-10H2,1-3H3,(H,18,20)(H,21,22). The number of hydrogen-bond acceptors (Lipinski definition) is 4. The van der Waals surface area contributed by atoms with Gasteiger partial charge in [-0.05, 0) is 19.9 Å². The van der Waals surface area contributed by atoms with Crippen molar-refractivity contribution in [2.45, 2.75) is 33.4 Å². The number of aryl methyl sites for hydroxylation is 1. The lowest BCUT2D eigenvalue weighted by molar-refractivity contribution is -0.142. The van der Waals surface area contributed by atoms with Crippen LogP contribution in [0.25, 0.3) is 11.0 Å². The molecule has 0 bridgehead atoms. The van der Waals surface area contributed by atoms with Crippen molar-refractivity contribution in [3.63, 3.8) is 0 Å². The van der Waals surface area contributed by atoms with E-state index in [0.29, 0.717) is 19.6 Å². The van der Waals surface area contributed by atoms with E-state index in [9.17, 15) is 14.7 Å². The molecule has 1 amide bonds. The van der Waals surface area contributed by atoms with Crippen LogP contribution in [0.1, 0.15) is 25.2 Å². The molecule has 0 aliphatic carbocycles. The molecule has 0 saturated carbocycles. The molecular weight excluding hydrogens is 296 g/mol. The molecule has 1 aromatic heterocycles. The lowest BCUT2D eigenvalue weighted by Crippen LogP contribution is -2.42. The van der Waals surface area contributed by atoms with Gasteiger partial charge in [0.25, 0.3) is 0 Å². The summed E-state index contributed by atoms with van der Waals surface area (Å²) in [5.41, 5.74) is 1.78. The minimum absolute atomic E-state index is 0.127. The van der Waals surface area contributed by atoms with E-state index < -0.39 is 12.0 Å². The number of furan rings is 1. The van der Waals surface area contributed by atoms with Crippen molar-refractivity contribution in [1.29, 1.82) is 0 Å². The van der Waals surface area contributed by atoms with Crippen molar-refractivity contribution in [3.8, 4) is 0 Å². The molecule has 23 heavy (non-hydrogen) atoms. The third kappa shape index (κ3) is 4.10. The lowest BCUT2D eigenvalue weighted by atomic mass is 10.1. The fourth-order valence-electron chi connectivity index (χ4n) is 2.56. The summed E-state index contributed by atoms with van der Waals surface area (Å²) in [5.74, 6) is -0.232. The number of nitrogens with zero attached hydrogens (tertiary/aromatic N) is 1. The number of hydrogen-bond donors (Lipinski definition) is 2. The maximum atomic E-state index is 11.4. The van der Waals surface area contributed by atoms with Gasteiger partial charge in [0.05, 0.1) is 0 Å². The highest BCUT2D eigenvalue weighted by atomic mass is 16.4. The molecule has 0 saturated heterocycles. The molecule has 6 nitrogen and oxygen atoms in total. The molecule has 0 radical (unpaired) electrons. The molecule has 124 valence electrons. The molecule has 1 aromatic carbocycles. The summed E-state index contributed by atoms with van der Waals surface area (Å²) in [6, 6.07) is 7.05. The van der Waals surface area contributed by atoms with E-state index in [1.807, 2.05) is 36.1 Å². The molecule has 2 aromatic rings. The summed E-state index contributed by atoms with van der Waals surface area (Å²) < 4.78 is 5.74. The first-order valence-corrected chi connectivity index (χ1v) is 7.58. The summed E-state index contributed by atoms with van der Waals surface area (Å²) in [5, 5.41) is 13.0. The Balaban J connectivity index is 2.22. The van der Waals surface area contributed by atoms with Gasteiger partial charge in [0.15, 0.2) is 0 Å². The van der Waals surface area contributed by atoms with Gasteiger partial charge in [-0.2, -0.15) is 0 Å². The zero-order chi connectivity index (χ0) is 17.0. The molecule has 0 spiro atoms. The highest BCUT2D eigenvalue weighted by Crippen LogP contribution is 2.26. The predicted octanol–water partition coefficient (Wildman–Crippen LogP) is 2.15. The second kappa shape index (κ2) is 7.28. The number of aliphatic carboxylic acids is 1. The monoisotopic (exact) mass is 318 g/mol. The van der Waals surface area contributed by atoms with Crippen LogP contribution in [-0.4, -0.2) is 41.0 Å². The molecule has 0 aliphatic heterocycles. The number of carbonyl (C=O) groups excluding carboxylic acids is 1. The summed E-state index contributed by atoms with van der Waals surface area (Å²) in [6.45, 7) is 6.28. The molecule has 0 fully saturated rings. The number of amides is 1. The van der Waals surface area contributed by atoms with Gasteiger partial charge in [0.2, 0.25) is 5.91 Å². The quantitative estimate of drug-likeness (QED) is 0.817. The molecule has 0 aliphatic rings. The Morgan fingerprint density at radius 1 is 1.35 bits per heavy atom. The number of carbonyl (C=O) groups is 2. The van der Waals surface area contributed by atoms with Crippen molar-refractivity contribution < 1.29 is 19.1 Å². The van der Waals surface area contributed by atoms with Crippen LogP contribution in [0.3, 0.4) is 0 Å². The van der Waals surface area contributed by atoms with Gasteiger partial charge in [-0.3, -0.25) is 14.5 Å². The van der Waals surface area contributed by atoms with E-state index in [0.717, 1.165) is 22.3 Å². The first-order chi connectivity index (χ1) is 10.9. The zero-order valence-corrected chi connectivity index (χ0v) is 13.6. The largest absolute Gasteiger partial charge is 0.480 e. The SMILES string of the molecule is CC(=O)NCCN(Cc1c(C)oc2ccccc12)C(C)C(=O)O. The van der Waals surface area contributed by atoms with E-state index in [1.54, 1.807) is 6.92 Å². The minimum Gasteiger partial charge on any atom is -0.480 e. The summed E-state index contributed by atoms with van der Waals surface area (Å²) >= 11 is 0. The maximum Gasteiger partial charge on any atom is 0.320 e. The number of benzene rings is 1. The number of nitrogens with one attached hydrogen (secondary N) is 1. The summed E-state index contributed by atoms with van der Waals surface area (Å²) in [6.07, 6.45) is 0. The highest BCUT2D eigenvalue weighted by Gasteiger charge is 2.23. The molecule has 2 N–H and O–H groups in total. The first-order valence-electron chi connectivity index (χ1n) is 7.58. The van der Waals surface area contributed by atoms with Crippen molar-refractivity contribution >= 4 is 22.8 Å². The van der Waals surface area contributed by atoms with Crippen molar-refractivity contribution in [3.05, 3.63) is 35.6 Å². The number of carboxylic acids is 1. The van der Waals surface area contributed by atoms with Gasteiger partial charge in [-0.25, -0.2) is 0 Å². The zero-order valence-electron chi connectivity index (χ0n) is 13.6. The van der Waals surface area contributed by atoms with Crippen LogP contribution >= 0.6 is 0 Å². The van der Waals surface area contributed by atoms with E-state index >= 15 is 0 Å². The number of carboxylic acid groups (broad SMARTS) is 1. The van der Waals surface area contributed by atoms with Gasteiger partial charge in [0.1, 0.15) is 17.4 Å². The molecule has 6 heteroatoms. The van der Waals surface area contributed by atoms with Crippen LogP contribution in [0.5, 0.6) is 0 Å². The number of para-hydroxylation sites is 1. The normalized spacial score (nSPS) is 12.5. The summed E-state index contributed by atoms with van der Waals surface area (Å²) in [7, 11) is 0. The molecule has 1 atom stereocenters. The topological polar surface area (TPSA) is 82.8 Å². The Hall–Kier alpha value is -2.34. The van der Waals surface area contributed by atoms with Crippen LogP contribution in [-0.2, 0) is 16.1 Å². The van der Waals surface area contributed by atoms with E-state index in [1.165, 1.54) is 6.92 Å². The molecular formula is C17H22N2O4. The van der Waals surface area contributed by atoms with Gasteiger partial charge >= 0.3 is 5.97 Å². The van der Waals surface area contributed by atoms with Crippen molar-refractivity contribution in [2.24, 2.45) is 0 Å². The van der Waals surface area contributed by atoms with Gasteiger partial charge in [-0.1, -0.05) is 18.2 Å². The molecule has 2 rings (SSSR count). The third-order valence-corrected chi connectivity index (χ3v) is 3.94. The molecule has 1 unspecified atom stereocenters. The summed E-state index contributed by atoms with van der Waals surface area (Å²) in [4.78, 5) is 24.2. The molecule has 1 heterocycles. The highest BCUT2D eigenvalue weighted by molar-refractivity contribution is 5.82.